The second-order valence-corrected chi connectivity index (χ2v) is 4.05. The third-order valence-corrected chi connectivity index (χ3v) is 3.67. The molecule has 0 heterocycles. The molecule has 2 rings (SSSR count). The van der Waals surface area contributed by atoms with Crippen molar-refractivity contribution in [2.75, 3.05) is 0 Å². The molecule has 0 N–H and O–H groups in total. The van der Waals surface area contributed by atoms with Crippen LogP contribution in [0.5, 0.6) is 0 Å². The molecule has 0 aromatic rings. The Labute approximate surface area is 67.8 Å². The topological polar surface area (TPSA) is 29.4 Å². The first-order valence-electron chi connectivity index (χ1n) is 3.48. The van der Waals surface area contributed by atoms with Crippen LogP contribution in [-0.2, 0) is 0 Å². The fourth-order valence-electron chi connectivity index (χ4n) is 1.87. The maximum absolute atomic E-state index is 10.3. The number of nitroso groups, excluding NO2 is 1. The van der Waals surface area contributed by atoms with Crippen LogP contribution < -0.4 is 0 Å². The Morgan fingerprint density at radius 3 is 2.50 bits per heavy atom. The van der Waals surface area contributed by atoms with Crippen LogP contribution in [0.1, 0.15) is 6.42 Å². The van der Waals surface area contributed by atoms with Gasteiger partial charge in [0.1, 0.15) is 6.04 Å². The summed E-state index contributed by atoms with van der Waals surface area (Å²) in [7, 11) is 0. The van der Waals surface area contributed by atoms with E-state index in [0.29, 0.717) is 16.7 Å². The minimum atomic E-state index is -0.00463. The molecular weight excluding hydrogens is 194 g/mol. The normalized spacial score (nSPS) is 50.1. The number of alkyl halides is 1. The number of hydrogen-bond acceptors (Lipinski definition) is 2. The van der Waals surface area contributed by atoms with Crippen molar-refractivity contribution in [1.29, 1.82) is 0 Å². The molecule has 3 heteroatoms. The van der Waals surface area contributed by atoms with E-state index in [1.807, 2.05) is 0 Å². The van der Waals surface area contributed by atoms with E-state index in [9.17, 15) is 4.91 Å². The fraction of sp³-hybridized carbons (Fsp3) is 0.714. The van der Waals surface area contributed by atoms with Crippen molar-refractivity contribution >= 4 is 15.9 Å². The summed E-state index contributed by atoms with van der Waals surface area (Å²) < 4.78 is 0. The van der Waals surface area contributed by atoms with Gasteiger partial charge in [-0.1, -0.05) is 33.3 Å². The van der Waals surface area contributed by atoms with Gasteiger partial charge in [-0.05, 0) is 12.3 Å². The van der Waals surface area contributed by atoms with Crippen molar-refractivity contribution in [3.05, 3.63) is 17.1 Å². The van der Waals surface area contributed by atoms with Crippen LogP contribution in [0, 0.1) is 16.7 Å². The van der Waals surface area contributed by atoms with Crippen molar-refractivity contribution in [1.82, 2.24) is 0 Å². The van der Waals surface area contributed by atoms with Crippen LogP contribution in [-0.4, -0.2) is 10.9 Å². The Bertz CT molecular complexity index is 192. The monoisotopic (exact) mass is 201 g/mol. The van der Waals surface area contributed by atoms with E-state index in [2.05, 4.69) is 33.3 Å². The molecule has 0 radical (unpaired) electrons. The van der Waals surface area contributed by atoms with E-state index in [4.69, 9.17) is 0 Å². The molecule has 2 nitrogen and oxygen atoms in total. The average molecular weight is 202 g/mol. The van der Waals surface area contributed by atoms with E-state index in [0.717, 1.165) is 6.42 Å². The van der Waals surface area contributed by atoms with Crippen LogP contribution in [0.15, 0.2) is 17.3 Å². The van der Waals surface area contributed by atoms with Gasteiger partial charge in [0.05, 0.1) is 0 Å². The molecule has 10 heavy (non-hydrogen) atoms. The summed E-state index contributed by atoms with van der Waals surface area (Å²) in [6.07, 6.45) is 5.42. The lowest BCUT2D eigenvalue weighted by Gasteiger charge is -2.15. The maximum Gasteiger partial charge on any atom is 0.111 e. The SMILES string of the molecule is O=N[C@H]1[C@@H](Br)[C@@H]2C=C[C@H]1C2. The highest BCUT2D eigenvalue weighted by atomic mass is 79.9. The van der Waals surface area contributed by atoms with Gasteiger partial charge in [0.2, 0.25) is 0 Å². The van der Waals surface area contributed by atoms with Gasteiger partial charge in [-0.15, -0.1) is 0 Å². The molecule has 0 aromatic heterocycles. The van der Waals surface area contributed by atoms with Crippen LogP contribution >= 0.6 is 15.9 Å². The van der Waals surface area contributed by atoms with Crippen LogP contribution in [0.25, 0.3) is 0 Å². The predicted octanol–water partition coefficient (Wildman–Crippen LogP) is 2.09. The first kappa shape index (κ1) is 6.53. The van der Waals surface area contributed by atoms with Crippen LogP contribution in [0.2, 0.25) is 0 Å². The lowest BCUT2D eigenvalue weighted by molar-refractivity contribution is 0.588. The minimum Gasteiger partial charge on any atom is -0.150 e. The molecule has 54 valence electrons. The van der Waals surface area contributed by atoms with Crippen molar-refractivity contribution < 1.29 is 0 Å². The molecule has 0 spiro atoms. The van der Waals surface area contributed by atoms with Gasteiger partial charge in [-0.2, -0.15) is 4.91 Å². The second-order valence-electron chi connectivity index (χ2n) is 2.99. The van der Waals surface area contributed by atoms with Gasteiger partial charge < -0.3 is 0 Å². The summed E-state index contributed by atoms with van der Waals surface area (Å²) >= 11 is 3.48. The Balaban J connectivity index is 2.25. The number of nitrogens with zero attached hydrogens (tertiary/aromatic N) is 1. The third-order valence-electron chi connectivity index (χ3n) is 2.45. The largest absolute Gasteiger partial charge is 0.150 e. The zero-order valence-corrected chi connectivity index (χ0v) is 6.99. The molecule has 4 atom stereocenters. The highest BCUT2D eigenvalue weighted by Gasteiger charge is 2.44. The molecule has 1 saturated carbocycles. The van der Waals surface area contributed by atoms with Crippen molar-refractivity contribution in [2.45, 2.75) is 17.3 Å². The molecule has 2 bridgehead atoms. The first-order chi connectivity index (χ1) is 4.83. The highest BCUT2D eigenvalue weighted by molar-refractivity contribution is 9.09. The minimum absolute atomic E-state index is 0.00463. The Morgan fingerprint density at radius 1 is 1.40 bits per heavy atom. The van der Waals surface area contributed by atoms with Crippen LogP contribution in [0.3, 0.4) is 0 Å². The van der Waals surface area contributed by atoms with Gasteiger partial charge >= 0.3 is 0 Å². The zero-order chi connectivity index (χ0) is 7.14. The summed E-state index contributed by atoms with van der Waals surface area (Å²) in [5.41, 5.74) is 0. The molecule has 0 saturated heterocycles. The molecule has 2 aliphatic rings. The van der Waals surface area contributed by atoms with E-state index in [1.165, 1.54) is 0 Å². The molecule has 0 aliphatic heterocycles. The number of halogens is 1. The number of hydrogen-bond donors (Lipinski definition) is 0. The lowest BCUT2D eigenvalue weighted by atomic mass is 10.0. The molecular formula is C7H8BrNO. The van der Waals surface area contributed by atoms with Gasteiger partial charge in [0, 0.05) is 10.7 Å². The van der Waals surface area contributed by atoms with E-state index >= 15 is 0 Å². The van der Waals surface area contributed by atoms with E-state index in [-0.39, 0.29) is 6.04 Å². The average Bonchev–Trinajstić information content (AvgIpc) is 2.46. The van der Waals surface area contributed by atoms with Gasteiger partial charge in [-0.25, -0.2) is 0 Å². The Kier molecular flexibility index (Phi) is 1.41. The Hall–Kier alpha value is -0.180. The maximum atomic E-state index is 10.3. The number of fused-ring (bicyclic) bond motifs is 2. The van der Waals surface area contributed by atoms with Crippen molar-refractivity contribution in [3.8, 4) is 0 Å². The summed E-state index contributed by atoms with van der Waals surface area (Å²) in [6.45, 7) is 0. The zero-order valence-electron chi connectivity index (χ0n) is 5.40. The summed E-state index contributed by atoms with van der Waals surface area (Å²) in [5.74, 6) is 0.986. The smallest absolute Gasteiger partial charge is 0.111 e. The summed E-state index contributed by atoms with van der Waals surface area (Å²) in [6, 6.07) is -0.00463. The molecule has 1 fully saturated rings. The highest BCUT2D eigenvalue weighted by Crippen LogP contribution is 2.44. The van der Waals surface area contributed by atoms with Crippen molar-refractivity contribution in [3.63, 3.8) is 0 Å². The van der Waals surface area contributed by atoms with E-state index in [1.54, 1.807) is 0 Å². The predicted molar refractivity (Wildman–Crippen MR) is 43.0 cm³/mol. The quantitative estimate of drug-likeness (QED) is 0.363. The molecule has 2 aliphatic carbocycles. The molecule has 0 amide bonds. The first-order valence-corrected chi connectivity index (χ1v) is 4.39. The van der Waals surface area contributed by atoms with Gasteiger partial charge in [0.15, 0.2) is 0 Å². The van der Waals surface area contributed by atoms with Crippen molar-refractivity contribution in [2.24, 2.45) is 17.0 Å². The number of rotatable bonds is 1. The number of allylic oxidation sites excluding steroid dienone is 1. The van der Waals surface area contributed by atoms with Gasteiger partial charge in [0.25, 0.3) is 0 Å². The van der Waals surface area contributed by atoms with Gasteiger partial charge in [-0.3, -0.25) is 0 Å². The second kappa shape index (κ2) is 2.16. The third kappa shape index (κ3) is 0.698. The van der Waals surface area contributed by atoms with E-state index < -0.39 is 0 Å². The molecule has 0 unspecified atom stereocenters. The Morgan fingerprint density at radius 2 is 2.10 bits per heavy atom. The summed E-state index contributed by atoms with van der Waals surface area (Å²) in [5, 5.41) is 3.10. The standard InChI is InChI=1S/C7H8BrNO/c8-6-4-1-2-5(3-4)7(6)9-10/h1-2,4-7H,3H2/t4-,5+,6+,7-/m1/s1. The van der Waals surface area contributed by atoms with Crippen LogP contribution in [0.4, 0.5) is 0 Å². The fourth-order valence-corrected chi connectivity index (χ4v) is 2.75. The lowest BCUT2D eigenvalue weighted by Crippen LogP contribution is -2.22. The molecule has 0 aromatic carbocycles. The summed E-state index contributed by atoms with van der Waals surface area (Å²) in [4.78, 5) is 10.6.